The second-order valence-electron chi connectivity index (χ2n) is 5.29. The Morgan fingerprint density at radius 2 is 2.00 bits per heavy atom. The predicted molar refractivity (Wildman–Crippen MR) is 84.2 cm³/mol. The summed E-state index contributed by atoms with van der Waals surface area (Å²) in [5.41, 5.74) is 0.687. The third kappa shape index (κ3) is 3.03. The van der Waals surface area contributed by atoms with E-state index in [9.17, 15) is 0 Å². The normalized spacial score (nSPS) is 13.6. The summed E-state index contributed by atoms with van der Waals surface area (Å²) in [5, 5.41) is 1.02. The highest BCUT2D eigenvalue weighted by atomic mass is 35.5. The van der Waals surface area contributed by atoms with Crippen LogP contribution in [0.4, 0.5) is 0 Å². The Morgan fingerprint density at radius 1 is 1.23 bits per heavy atom. The lowest BCUT2D eigenvalue weighted by Crippen LogP contribution is -2.18. The molecule has 0 N–H and O–H groups in total. The maximum atomic E-state index is 6.17. The number of fused-ring (bicyclic) bond motifs is 3. The highest BCUT2D eigenvalue weighted by Crippen LogP contribution is 2.46. The Labute approximate surface area is 134 Å². The Kier molecular flexibility index (Phi) is 4.49. The molecule has 0 unspecified atom stereocenters. The van der Waals surface area contributed by atoms with E-state index >= 15 is 0 Å². The molecule has 2 heterocycles. The lowest BCUT2D eigenvalue weighted by Gasteiger charge is -2.23. The van der Waals surface area contributed by atoms with E-state index in [1.165, 1.54) is 6.33 Å². The second-order valence-corrected chi connectivity index (χ2v) is 5.65. The van der Waals surface area contributed by atoms with Crippen LogP contribution in [0.25, 0.3) is 10.9 Å². The van der Waals surface area contributed by atoms with Crippen LogP contribution in [0, 0.1) is 0 Å². The zero-order valence-electron chi connectivity index (χ0n) is 12.6. The van der Waals surface area contributed by atoms with E-state index in [0.717, 1.165) is 13.0 Å². The maximum Gasteiger partial charge on any atom is 0.204 e. The topological polar surface area (TPSA) is 56.7 Å². The highest BCUT2D eigenvalue weighted by molar-refractivity contribution is 6.34. The van der Waals surface area contributed by atoms with Gasteiger partial charge in [-0.05, 0) is 20.5 Å². The Hall–Kier alpha value is -1.79. The standard InChI is InChI=1S/C15H18ClN3O3/c1-19(2)4-3-5-20-11-8-10-12(15(16)18-9-17-10)14-13(11)21-6-7-22-14/h8-9H,3-7H2,1-2H3. The summed E-state index contributed by atoms with van der Waals surface area (Å²) >= 11 is 6.17. The molecule has 7 heteroatoms. The molecule has 0 amide bonds. The lowest BCUT2D eigenvalue weighted by molar-refractivity contribution is 0.163. The SMILES string of the molecule is CN(C)CCCOc1cc2ncnc(Cl)c2c2c1OCCO2. The van der Waals surface area contributed by atoms with E-state index in [1.807, 2.05) is 20.2 Å². The van der Waals surface area contributed by atoms with Crippen LogP contribution in [0.5, 0.6) is 17.2 Å². The minimum Gasteiger partial charge on any atom is -0.489 e. The zero-order chi connectivity index (χ0) is 15.5. The first kappa shape index (κ1) is 15.1. The van der Waals surface area contributed by atoms with Gasteiger partial charge in [0.05, 0.1) is 17.5 Å². The smallest absolute Gasteiger partial charge is 0.204 e. The quantitative estimate of drug-likeness (QED) is 0.622. The summed E-state index contributed by atoms with van der Waals surface area (Å²) in [6, 6.07) is 1.83. The van der Waals surface area contributed by atoms with Gasteiger partial charge in [-0.15, -0.1) is 0 Å². The molecule has 118 valence electrons. The van der Waals surface area contributed by atoms with Crippen LogP contribution < -0.4 is 14.2 Å². The van der Waals surface area contributed by atoms with Crippen LogP contribution in [0.1, 0.15) is 6.42 Å². The van der Waals surface area contributed by atoms with E-state index in [-0.39, 0.29) is 0 Å². The molecular weight excluding hydrogens is 306 g/mol. The molecule has 2 aromatic rings. The third-order valence-electron chi connectivity index (χ3n) is 3.34. The van der Waals surface area contributed by atoms with Crippen LogP contribution in [-0.2, 0) is 0 Å². The molecule has 22 heavy (non-hydrogen) atoms. The number of aromatic nitrogens is 2. The number of halogens is 1. The zero-order valence-corrected chi connectivity index (χ0v) is 13.4. The van der Waals surface area contributed by atoms with E-state index in [4.69, 9.17) is 25.8 Å². The molecule has 1 aliphatic heterocycles. The van der Waals surface area contributed by atoms with Crippen molar-refractivity contribution in [2.45, 2.75) is 6.42 Å². The number of nitrogens with zero attached hydrogens (tertiary/aromatic N) is 3. The third-order valence-corrected chi connectivity index (χ3v) is 3.63. The van der Waals surface area contributed by atoms with Gasteiger partial charge in [-0.3, -0.25) is 0 Å². The van der Waals surface area contributed by atoms with Crippen LogP contribution >= 0.6 is 11.6 Å². The molecule has 1 aromatic heterocycles. The van der Waals surface area contributed by atoms with Gasteiger partial charge in [0, 0.05) is 12.6 Å². The summed E-state index contributed by atoms with van der Waals surface area (Å²) in [6.45, 7) is 2.51. The monoisotopic (exact) mass is 323 g/mol. The van der Waals surface area contributed by atoms with Crippen molar-refractivity contribution < 1.29 is 14.2 Å². The van der Waals surface area contributed by atoms with E-state index in [0.29, 0.717) is 53.1 Å². The van der Waals surface area contributed by atoms with Crippen LogP contribution in [-0.4, -0.2) is 55.3 Å². The van der Waals surface area contributed by atoms with Crippen molar-refractivity contribution in [3.63, 3.8) is 0 Å². The number of hydrogen-bond acceptors (Lipinski definition) is 6. The molecule has 1 aliphatic rings. The van der Waals surface area contributed by atoms with E-state index in [1.54, 1.807) is 0 Å². The van der Waals surface area contributed by atoms with Crippen molar-refractivity contribution in [2.75, 3.05) is 40.5 Å². The van der Waals surface area contributed by atoms with Gasteiger partial charge >= 0.3 is 0 Å². The van der Waals surface area contributed by atoms with Crippen LogP contribution in [0.2, 0.25) is 5.15 Å². The van der Waals surface area contributed by atoms with Crippen molar-refractivity contribution in [1.29, 1.82) is 0 Å². The molecule has 0 spiro atoms. The Morgan fingerprint density at radius 3 is 2.77 bits per heavy atom. The van der Waals surface area contributed by atoms with E-state index < -0.39 is 0 Å². The van der Waals surface area contributed by atoms with Gasteiger partial charge in [-0.25, -0.2) is 9.97 Å². The van der Waals surface area contributed by atoms with Crippen molar-refractivity contribution in [2.24, 2.45) is 0 Å². The molecule has 0 bridgehead atoms. The molecule has 3 rings (SSSR count). The number of benzene rings is 1. The first-order chi connectivity index (χ1) is 10.7. The molecular formula is C15H18ClN3O3. The summed E-state index contributed by atoms with van der Waals surface area (Å²) in [6.07, 6.45) is 2.35. The molecule has 0 aliphatic carbocycles. The average Bonchev–Trinajstić information content (AvgIpc) is 2.51. The minimum atomic E-state index is 0.353. The molecule has 0 saturated heterocycles. The highest BCUT2D eigenvalue weighted by Gasteiger charge is 2.23. The van der Waals surface area contributed by atoms with Crippen molar-refractivity contribution in [3.05, 3.63) is 17.5 Å². The summed E-state index contributed by atoms with van der Waals surface area (Å²) in [4.78, 5) is 10.4. The number of rotatable bonds is 5. The lowest BCUT2D eigenvalue weighted by atomic mass is 10.2. The predicted octanol–water partition coefficient (Wildman–Crippen LogP) is 2.38. The summed E-state index contributed by atoms with van der Waals surface area (Å²) in [7, 11) is 4.07. The number of ether oxygens (including phenoxy) is 3. The van der Waals surface area contributed by atoms with Gasteiger partial charge in [0.2, 0.25) is 5.75 Å². The largest absolute Gasteiger partial charge is 0.489 e. The van der Waals surface area contributed by atoms with Crippen LogP contribution in [0.3, 0.4) is 0 Å². The first-order valence-corrected chi connectivity index (χ1v) is 7.55. The summed E-state index contributed by atoms with van der Waals surface area (Å²) in [5.74, 6) is 1.79. The fourth-order valence-electron chi connectivity index (χ4n) is 2.34. The molecule has 1 aromatic carbocycles. The molecule has 0 radical (unpaired) electrons. The van der Waals surface area contributed by atoms with Crippen LogP contribution in [0.15, 0.2) is 12.4 Å². The summed E-state index contributed by atoms with van der Waals surface area (Å²) < 4.78 is 17.3. The number of hydrogen-bond donors (Lipinski definition) is 0. The molecule has 0 atom stereocenters. The Balaban J connectivity index is 1.93. The fraction of sp³-hybridized carbons (Fsp3) is 0.467. The van der Waals surface area contributed by atoms with Gasteiger partial charge in [0.1, 0.15) is 24.7 Å². The Bertz CT molecular complexity index is 679. The van der Waals surface area contributed by atoms with Gasteiger partial charge < -0.3 is 19.1 Å². The van der Waals surface area contributed by atoms with Gasteiger partial charge in [-0.1, -0.05) is 11.6 Å². The van der Waals surface area contributed by atoms with Gasteiger partial charge in [-0.2, -0.15) is 0 Å². The molecule has 0 fully saturated rings. The average molecular weight is 324 g/mol. The molecule has 0 saturated carbocycles. The first-order valence-electron chi connectivity index (χ1n) is 7.17. The van der Waals surface area contributed by atoms with Crippen molar-refractivity contribution in [1.82, 2.24) is 14.9 Å². The van der Waals surface area contributed by atoms with E-state index in [2.05, 4.69) is 14.9 Å². The van der Waals surface area contributed by atoms with Gasteiger partial charge in [0.25, 0.3) is 0 Å². The second kappa shape index (κ2) is 6.54. The maximum absolute atomic E-state index is 6.17. The minimum absolute atomic E-state index is 0.353. The fourth-order valence-corrected chi connectivity index (χ4v) is 2.57. The van der Waals surface area contributed by atoms with Crippen molar-refractivity contribution >= 4 is 22.5 Å². The van der Waals surface area contributed by atoms with Gasteiger partial charge in [0.15, 0.2) is 11.5 Å². The van der Waals surface area contributed by atoms with Crippen molar-refractivity contribution in [3.8, 4) is 17.2 Å². The molecule has 6 nitrogen and oxygen atoms in total.